The van der Waals surface area contributed by atoms with Gasteiger partial charge in [0.1, 0.15) is 0 Å². The second-order valence-electron chi connectivity index (χ2n) is 1.98. The molecular weight excluding hydrogens is 106 g/mol. The summed E-state index contributed by atoms with van der Waals surface area (Å²) >= 11 is 0. The fourth-order valence-electron chi connectivity index (χ4n) is 0.390. The summed E-state index contributed by atoms with van der Waals surface area (Å²) in [7, 11) is 0. The van der Waals surface area contributed by atoms with E-state index in [4.69, 9.17) is 15.9 Å². The maximum atomic E-state index is 8.46. The number of nitrogens with two attached hydrogens (primary N) is 1. The zero-order valence-corrected chi connectivity index (χ0v) is 5.04. The van der Waals surface area contributed by atoms with Crippen LogP contribution in [0.4, 0.5) is 0 Å². The molecule has 0 spiro atoms. The lowest BCUT2D eigenvalue weighted by Gasteiger charge is -2.13. The van der Waals surface area contributed by atoms with E-state index < -0.39 is 0 Å². The fourth-order valence-corrected chi connectivity index (χ4v) is 0.390. The maximum absolute atomic E-state index is 8.46. The van der Waals surface area contributed by atoms with Crippen molar-refractivity contribution >= 4 is 0 Å². The van der Waals surface area contributed by atoms with Crippen LogP contribution >= 0.6 is 0 Å². The highest BCUT2D eigenvalue weighted by atomic mass is 16.3. The van der Waals surface area contributed by atoms with E-state index in [1.54, 1.807) is 6.92 Å². The van der Waals surface area contributed by atoms with Crippen LogP contribution in [-0.4, -0.2) is 29.5 Å². The summed E-state index contributed by atoms with van der Waals surface area (Å²) < 4.78 is 0. The van der Waals surface area contributed by atoms with Crippen LogP contribution in [0.2, 0.25) is 0 Å². The number of aliphatic hydroxyl groups is 2. The molecule has 0 aromatic carbocycles. The molecule has 50 valence electrons. The molecule has 3 nitrogen and oxygen atoms in total. The van der Waals surface area contributed by atoms with E-state index in [-0.39, 0.29) is 25.2 Å². The minimum absolute atomic E-state index is 0.0336. The van der Waals surface area contributed by atoms with Crippen molar-refractivity contribution in [3.8, 4) is 0 Å². The van der Waals surface area contributed by atoms with Gasteiger partial charge in [-0.1, -0.05) is 0 Å². The molecule has 0 aliphatic carbocycles. The summed E-state index contributed by atoms with van der Waals surface area (Å²) in [6.07, 6.45) is 0. The SMILES string of the molecule is CC(N)C(CO)CO. The van der Waals surface area contributed by atoms with Crippen molar-refractivity contribution < 1.29 is 10.2 Å². The second-order valence-corrected chi connectivity index (χ2v) is 1.98. The third-order valence-corrected chi connectivity index (χ3v) is 1.21. The highest BCUT2D eigenvalue weighted by molar-refractivity contribution is 4.64. The van der Waals surface area contributed by atoms with Crippen molar-refractivity contribution in [2.24, 2.45) is 11.7 Å². The van der Waals surface area contributed by atoms with Gasteiger partial charge in [-0.15, -0.1) is 0 Å². The smallest absolute Gasteiger partial charge is 0.0495 e. The molecule has 1 atom stereocenters. The third kappa shape index (κ3) is 2.26. The molecule has 0 bridgehead atoms. The zero-order valence-electron chi connectivity index (χ0n) is 5.04. The third-order valence-electron chi connectivity index (χ3n) is 1.21. The van der Waals surface area contributed by atoms with Crippen LogP contribution in [-0.2, 0) is 0 Å². The first-order valence-electron chi connectivity index (χ1n) is 2.69. The molecule has 0 fully saturated rings. The Morgan fingerprint density at radius 1 is 1.38 bits per heavy atom. The molecule has 0 aliphatic heterocycles. The van der Waals surface area contributed by atoms with Crippen molar-refractivity contribution in [3.05, 3.63) is 0 Å². The lowest BCUT2D eigenvalue weighted by atomic mass is 10.1. The molecule has 0 heterocycles. The number of aliphatic hydroxyl groups excluding tert-OH is 2. The average Bonchev–Trinajstić information content (AvgIpc) is 1.69. The normalized spacial score (nSPS) is 14.6. The second kappa shape index (κ2) is 3.83. The van der Waals surface area contributed by atoms with Gasteiger partial charge >= 0.3 is 0 Å². The monoisotopic (exact) mass is 119 g/mol. The minimum atomic E-state index is -0.157. The zero-order chi connectivity index (χ0) is 6.57. The summed E-state index contributed by atoms with van der Waals surface area (Å²) in [6, 6.07) is -0.120. The van der Waals surface area contributed by atoms with E-state index in [0.717, 1.165) is 0 Å². The Hall–Kier alpha value is -0.120. The van der Waals surface area contributed by atoms with Gasteiger partial charge in [0.25, 0.3) is 0 Å². The van der Waals surface area contributed by atoms with Crippen LogP contribution in [0.25, 0.3) is 0 Å². The fraction of sp³-hybridized carbons (Fsp3) is 1.00. The van der Waals surface area contributed by atoms with E-state index in [1.165, 1.54) is 0 Å². The summed E-state index contributed by atoms with van der Waals surface area (Å²) in [5.41, 5.74) is 5.34. The topological polar surface area (TPSA) is 66.5 Å². The molecule has 0 saturated carbocycles. The molecule has 8 heavy (non-hydrogen) atoms. The maximum Gasteiger partial charge on any atom is 0.0495 e. The van der Waals surface area contributed by atoms with Gasteiger partial charge in [-0.25, -0.2) is 0 Å². The van der Waals surface area contributed by atoms with Gasteiger partial charge < -0.3 is 15.9 Å². The van der Waals surface area contributed by atoms with Crippen molar-refractivity contribution in [3.63, 3.8) is 0 Å². The number of hydrogen-bond donors (Lipinski definition) is 3. The quantitative estimate of drug-likeness (QED) is 0.443. The van der Waals surface area contributed by atoms with Gasteiger partial charge in [0.05, 0.1) is 0 Å². The van der Waals surface area contributed by atoms with Gasteiger partial charge in [0.15, 0.2) is 0 Å². The van der Waals surface area contributed by atoms with E-state index in [9.17, 15) is 0 Å². The molecule has 0 aromatic heterocycles. The summed E-state index contributed by atoms with van der Waals surface area (Å²) in [5, 5.41) is 16.9. The molecule has 4 N–H and O–H groups in total. The lowest BCUT2D eigenvalue weighted by Crippen LogP contribution is -2.31. The first kappa shape index (κ1) is 7.88. The molecule has 0 radical (unpaired) electrons. The van der Waals surface area contributed by atoms with Crippen molar-refractivity contribution in [2.75, 3.05) is 13.2 Å². The van der Waals surface area contributed by atoms with Crippen LogP contribution in [0.15, 0.2) is 0 Å². The lowest BCUT2D eigenvalue weighted by molar-refractivity contribution is 0.135. The Bertz CT molecular complexity index is 52.4. The highest BCUT2D eigenvalue weighted by Crippen LogP contribution is 1.96. The Morgan fingerprint density at radius 2 is 1.75 bits per heavy atom. The van der Waals surface area contributed by atoms with E-state index in [1.807, 2.05) is 0 Å². The Morgan fingerprint density at radius 3 is 1.75 bits per heavy atom. The van der Waals surface area contributed by atoms with Gasteiger partial charge in [-0.3, -0.25) is 0 Å². The van der Waals surface area contributed by atoms with Crippen LogP contribution in [0, 0.1) is 5.92 Å². The van der Waals surface area contributed by atoms with Crippen molar-refractivity contribution in [2.45, 2.75) is 13.0 Å². The Labute approximate surface area is 49.1 Å². The molecule has 0 aliphatic rings. The Balaban J connectivity index is 3.35. The van der Waals surface area contributed by atoms with Crippen molar-refractivity contribution in [1.29, 1.82) is 0 Å². The summed E-state index contributed by atoms with van der Waals surface area (Å²) in [6.45, 7) is 1.69. The first-order chi connectivity index (χ1) is 3.72. The highest BCUT2D eigenvalue weighted by Gasteiger charge is 2.09. The Kier molecular flexibility index (Phi) is 3.77. The number of hydrogen-bond acceptors (Lipinski definition) is 3. The van der Waals surface area contributed by atoms with Gasteiger partial charge in [-0.05, 0) is 6.92 Å². The molecule has 0 aromatic rings. The van der Waals surface area contributed by atoms with E-state index in [2.05, 4.69) is 0 Å². The summed E-state index contributed by atoms with van der Waals surface area (Å²) in [4.78, 5) is 0. The summed E-state index contributed by atoms with van der Waals surface area (Å²) in [5.74, 6) is -0.157. The van der Waals surface area contributed by atoms with E-state index in [0.29, 0.717) is 0 Å². The van der Waals surface area contributed by atoms with Crippen LogP contribution in [0.3, 0.4) is 0 Å². The van der Waals surface area contributed by atoms with Gasteiger partial charge in [0, 0.05) is 25.2 Å². The molecular formula is C5H13NO2. The number of rotatable bonds is 3. The predicted octanol–water partition coefficient (Wildman–Crippen LogP) is -1.07. The molecule has 3 heteroatoms. The van der Waals surface area contributed by atoms with E-state index >= 15 is 0 Å². The van der Waals surface area contributed by atoms with Gasteiger partial charge in [0.2, 0.25) is 0 Å². The first-order valence-corrected chi connectivity index (χ1v) is 2.69. The molecule has 0 rings (SSSR count). The van der Waals surface area contributed by atoms with Crippen molar-refractivity contribution in [1.82, 2.24) is 0 Å². The van der Waals surface area contributed by atoms with Gasteiger partial charge in [-0.2, -0.15) is 0 Å². The van der Waals surface area contributed by atoms with Crippen LogP contribution < -0.4 is 5.73 Å². The average molecular weight is 119 g/mol. The van der Waals surface area contributed by atoms with Crippen LogP contribution in [0.1, 0.15) is 6.92 Å². The predicted molar refractivity (Wildman–Crippen MR) is 31.3 cm³/mol. The largest absolute Gasteiger partial charge is 0.396 e. The standard InChI is InChI=1S/C5H13NO2/c1-4(6)5(2-7)3-8/h4-5,7-8H,2-3,6H2,1H3. The molecule has 1 unspecified atom stereocenters. The molecule has 0 saturated heterocycles. The van der Waals surface area contributed by atoms with Crippen LogP contribution in [0.5, 0.6) is 0 Å². The molecule has 0 amide bonds. The minimum Gasteiger partial charge on any atom is -0.396 e.